The SMILES string of the molecule is C=CC[C@]1(C(C#N)C#N)c2ccccc2CCC1Cc1ccccc1. The molecule has 2 aromatic carbocycles. The number of nitrogens with zero attached hydrogens (tertiary/aromatic N) is 2. The number of rotatable bonds is 5. The highest BCUT2D eigenvalue weighted by Gasteiger charge is 2.49. The first-order valence-electron chi connectivity index (χ1n) is 8.78. The molecule has 0 saturated carbocycles. The average Bonchev–Trinajstić information content (AvgIpc) is 2.66. The summed E-state index contributed by atoms with van der Waals surface area (Å²) in [6.07, 6.45) is 5.38. The van der Waals surface area contributed by atoms with Crippen molar-refractivity contribution < 1.29 is 0 Å². The van der Waals surface area contributed by atoms with Crippen LogP contribution in [-0.4, -0.2) is 0 Å². The van der Waals surface area contributed by atoms with Crippen LogP contribution in [0.3, 0.4) is 0 Å². The van der Waals surface area contributed by atoms with E-state index in [1.54, 1.807) is 0 Å². The van der Waals surface area contributed by atoms with Gasteiger partial charge in [-0.3, -0.25) is 0 Å². The normalized spacial score (nSPS) is 21.8. The number of benzene rings is 2. The van der Waals surface area contributed by atoms with E-state index in [-0.39, 0.29) is 5.92 Å². The standard InChI is InChI=1S/C23H22N2/c1-2-14-23(21(16-24)17-25)20(15-18-8-4-3-5-9-18)13-12-19-10-6-7-11-22(19)23/h2-11,20-21H,1,12-15H2/t20?,23-/m0/s1. The summed E-state index contributed by atoms with van der Waals surface area (Å²) in [6, 6.07) is 23.3. The van der Waals surface area contributed by atoms with Crippen LogP contribution in [0.2, 0.25) is 0 Å². The van der Waals surface area contributed by atoms with Gasteiger partial charge in [0.15, 0.2) is 0 Å². The van der Waals surface area contributed by atoms with Crippen molar-refractivity contribution in [3.05, 3.63) is 83.9 Å². The maximum absolute atomic E-state index is 9.77. The Balaban J connectivity index is 2.15. The second-order valence-electron chi connectivity index (χ2n) is 6.81. The molecule has 0 aliphatic heterocycles. The van der Waals surface area contributed by atoms with Crippen molar-refractivity contribution in [2.75, 3.05) is 0 Å². The van der Waals surface area contributed by atoms with E-state index in [0.29, 0.717) is 6.42 Å². The van der Waals surface area contributed by atoms with Gasteiger partial charge >= 0.3 is 0 Å². The largest absolute Gasteiger partial charge is 0.197 e. The number of hydrogen-bond acceptors (Lipinski definition) is 2. The zero-order valence-electron chi connectivity index (χ0n) is 14.4. The average molecular weight is 326 g/mol. The fourth-order valence-corrected chi connectivity index (χ4v) is 4.47. The molecule has 0 fully saturated rings. The minimum absolute atomic E-state index is 0.243. The van der Waals surface area contributed by atoms with Crippen molar-refractivity contribution >= 4 is 0 Å². The van der Waals surface area contributed by atoms with Crippen LogP contribution in [0.5, 0.6) is 0 Å². The van der Waals surface area contributed by atoms with E-state index in [2.05, 4.69) is 43.0 Å². The van der Waals surface area contributed by atoms with Crippen molar-refractivity contribution in [3.63, 3.8) is 0 Å². The van der Waals surface area contributed by atoms with Crippen molar-refractivity contribution in [1.82, 2.24) is 0 Å². The number of nitriles is 2. The van der Waals surface area contributed by atoms with Gasteiger partial charge in [-0.2, -0.15) is 10.5 Å². The van der Waals surface area contributed by atoms with Crippen molar-refractivity contribution in [1.29, 1.82) is 10.5 Å². The summed E-state index contributed by atoms with van der Waals surface area (Å²) in [4.78, 5) is 0. The molecule has 1 unspecified atom stereocenters. The van der Waals surface area contributed by atoms with E-state index < -0.39 is 11.3 Å². The molecule has 0 bridgehead atoms. The summed E-state index contributed by atoms with van der Waals surface area (Å²) in [5, 5.41) is 19.5. The summed E-state index contributed by atoms with van der Waals surface area (Å²) >= 11 is 0. The van der Waals surface area contributed by atoms with E-state index in [1.165, 1.54) is 11.1 Å². The second kappa shape index (κ2) is 7.37. The van der Waals surface area contributed by atoms with Gasteiger partial charge < -0.3 is 0 Å². The molecule has 25 heavy (non-hydrogen) atoms. The highest BCUT2D eigenvalue weighted by Crippen LogP contribution is 2.50. The summed E-state index contributed by atoms with van der Waals surface area (Å²) in [7, 11) is 0. The van der Waals surface area contributed by atoms with Gasteiger partial charge in [0, 0.05) is 5.41 Å². The van der Waals surface area contributed by atoms with Gasteiger partial charge in [-0.1, -0.05) is 60.7 Å². The van der Waals surface area contributed by atoms with E-state index >= 15 is 0 Å². The van der Waals surface area contributed by atoms with E-state index in [1.807, 2.05) is 36.4 Å². The molecule has 0 saturated heterocycles. The first-order valence-corrected chi connectivity index (χ1v) is 8.78. The van der Waals surface area contributed by atoms with Gasteiger partial charge in [0.25, 0.3) is 0 Å². The fraction of sp³-hybridized carbons (Fsp3) is 0.304. The maximum atomic E-state index is 9.77. The molecule has 0 radical (unpaired) electrons. The first kappa shape index (κ1) is 17.0. The fourth-order valence-electron chi connectivity index (χ4n) is 4.47. The summed E-state index contributed by atoms with van der Waals surface area (Å²) in [5.74, 6) is -0.437. The molecular formula is C23H22N2. The molecule has 0 amide bonds. The molecule has 0 aromatic heterocycles. The third-order valence-electron chi connectivity index (χ3n) is 5.59. The number of fused-ring (bicyclic) bond motifs is 1. The maximum Gasteiger partial charge on any atom is 0.143 e. The van der Waals surface area contributed by atoms with Crippen molar-refractivity contribution in [2.24, 2.45) is 11.8 Å². The molecule has 2 nitrogen and oxygen atoms in total. The second-order valence-corrected chi connectivity index (χ2v) is 6.81. The highest BCUT2D eigenvalue weighted by atomic mass is 14.5. The van der Waals surface area contributed by atoms with Gasteiger partial charge in [-0.05, 0) is 48.3 Å². The Morgan fingerprint density at radius 2 is 1.76 bits per heavy atom. The third kappa shape index (κ3) is 2.97. The summed E-state index contributed by atoms with van der Waals surface area (Å²) in [5.41, 5.74) is 3.20. The van der Waals surface area contributed by atoms with Gasteiger partial charge in [-0.25, -0.2) is 0 Å². The molecule has 2 heteroatoms. The van der Waals surface area contributed by atoms with E-state index in [9.17, 15) is 10.5 Å². The Labute approximate surface area is 150 Å². The number of hydrogen-bond donors (Lipinski definition) is 0. The van der Waals surface area contributed by atoms with Gasteiger partial charge in [0.2, 0.25) is 0 Å². The molecule has 0 heterocycles. The van der Waals surface area contributed by atoms with Gasteiger partial charge in [0.05, 0.1) is 12.1 Å². The molecule has 0 N–H and O–H groups in total. The predicted octanol–water partition coefficient (Wildman–Crippen LogP) is 4.97. The lowest BCUT2D eigenvalue weighted by atomic mass is 9.55. The molecule has 1 aliphatic rings. The predicted molar refractivity (Wildman–Crippen MR) is 99.6 cm³/mol. The lowest BCUT2D eigenvalue weighted by molar-refractivity contribution is 0.202. The highest BCUT2D eigenvalue weighted by molar-refractivity contribution is 5.43. The minimum atomic E-state index is -0.680. The van der Waals surface area contributed by atoms with Gasteiger partial charge in [0.1, 0.15) is 5.92 Å². The van der Waals surface area contributed by atoms with Gasteiger partial charge in [-0.15, -0.1) is 6.58 Å². The van der Waals surface area contributed by atoms with Crippen LogP contribution >= 0.6 is 0 Å². The topological polar surface area (TPSA) is 47.6 Å². The Kier molecular flexibility index (Phi) is 5.01. The molecule has 0 spiro atoms. The van der Waals surface area contributed by atoms with Crippen LogP contribution in [-0.2, 0) is 18.3 Å². The van der Waals surface area contributed by atoms with Crippen LogP contribution in [0.4, 0.5) is 0 Å². The smallest absolute Gasteiger partial charge is 0.143 e. The molecule has 2 aromatic rings. The molecule has 124 valence electrons. The molecule has 2 atom stereocenters. The van der Waals surface area contributed by atoms with Crippen LogP contribution in [0.25, 0.3) is 0 Å². The Morgan fingerprint density at radius 3 is 2.44 bits per heavy atom. The summed E-state index contributed by atoms with van der Waals surface area (Å²) < 4.78 is 0. The zero-order valence-corrected chi connectivity index (χ0v) is 14.4. The van der Waals surface area contributed by atoms with Crippen LogP contribution < -0.4 is 0 Å². The molecule has 3 rings (SSSR count). The molecule has 1 aliphatic carbocycles. The monoisotopic (exact) mass is 326 g/mol. The zero-order chi connectivity index (χ0) is 17.7. The Hall–Kier alpha value is -2.84. The Bertz CT molecular complexity index is 811. The van der Waals surface area contributed by atoms with E-state index in [4.69, 9.17) is 0 Å². The number of allylic oxidation sites excluding steroid dienone is 1. The van der Waals surface area contributed by atoms with Crippen LogP contribution in [0.1, 0.15) is 29.5 Å². The van der Waals surface area contributed by atoms with E-state index in [0.717, 1.165) is 24.8 Å². The minimum Gasteiger partial charge on any atom is -0.197 e. The van der Waals surface area contributed by atoms with Crippen LogP contribution in [0, 0.1) is 34.5 Å². The molecular weight excluding hydrogens is 304 g/mol. The first-order chi connectivity index (χ1) is 12.3. The number of aryl methyl sites for hydroxylation is 1. The summed E-state index contributed by atoms with van der Waals surface area (Å²) in [6.45, 7) is 3.95. The lowest BCUT2D eigenvalue weighted by Crippen LogP contribution is -2.45. The third-order valence-corrected chi connectivity index (χ3v) is 5.59. The van der Waals surface area contributed by atoms with Crippen molar-refractivity contribution in [2.45, 2.75) is 31.1 Å². The lowest BCUT2D eigenvalue weighted by Gasteiger charge is -2.46. The quantitative estimate of drug-likeness (QED) is 0.728. The van der Waals surface area contributed by atoms with Crippen molar-refractivity contribution in [3.8, 4) is 12.1 Å². The Morgan fingerprint density at radius 1 is 1.08 bits per heavy atom. The van der Waals surface area contributed by atoms with Crippen LogP contribution in [0.15, 0.2) is 67.3 Å².